The van der Waals surface area contributed by atoms with Crippen molar-refractivity contribution in [1.29, 1.82) is 0 Å². The second-order valence-corrected chi connectivity index (χ2v) is 8.69. The Morgan fingerprint density at radius 3 is 2.82 bits per heavy atom. The predicted molar refractivity (Wildman–Crippen MR) is 120 cm³/mol. The number of hydrogen-bond donors (Lipinski definition) is 1. The van der Waals surface area contributed by atoms with Gasteiger partial charge in [-0.3, -0.25) is 14.5 Å². The lowest BCUT2D eigenvalue weighted by atomic mass is 10.1. The third-order valence-corrected chi connectivity index (χ3v) is 5.96. The number of rotatable bonds is 7. The van der Waals surface area contributed by atoms with Crippen molar-refractivity contribution < 1.29 is 9.59 Å². The van der Waals surface area contributed by atoms with Crippen molar-refractivity contribution in [3.63, 3.8) is 0 Å². The molecule has 1 aromatic heterocycles. The van der Waals surface area contributed by atoms with E-state index in [0.717, 1.165) is 11.1 Å². The highest BCUT2D eigenvalue weighted by Crippen LogP contribution is 2.32. The first-order chi connectivity index (χ1) is 13.5. The smallest absolute Gasteiger partial charge is 0.266 e. The monoisotopic (exact) mass is 429 g/mol. The van der Waals surface area contributed by atoms with Gasteiger partial charge in [-0.2, -0.15) is 0 Å². The second kappa shape index (κ2) is 9.77. The van der Waals surface area contributed by atoms with Crippen LogP contribution < -0.4 is 5.32 Å². The minimum absolute atomic E-state index is 0.101. The molecule has 2 aromatic rings. The summed E-state index contributed by atoms with van der Waals surface area (Å²) in [6.45, 7) is 2.39. The van der Waals surface area contributed by atoms with Crippen LogP contribution in [-0.4, -0.2) is 32.6 Å². The van der Waals surface area contributed by atoms with Crippen LogP contribution in [-0.2, 0) is 9.59 Å². The van der Waals surface area contributed by atoms with Gasteiger partial charge in [0, 0.05) is 24.5 Å². The molecule has 28 heavy (non-hydrogen) atoms. The average molecular weight is 430 g/mol. The lowest BCUT2D eigenvalue weighted by Gasteiger charge is -2.13. The zero-order chi connectivity index (χ0) is 19.9. The lowest BCUT2D eigenvalue weighted by molar-refractivity contribution is -0.122. The number of thioether (sulfide) groups is 1. The number of thiocarbonyl (C=S) groups is 1. The molecule has 2 amide bonds. The Bertz CT molecular complexity index is 921. The molecule has 3 rings (SSSR count). The summed E-state index contributed by atoms with van der Waals surface area (Å²) in [6, 6.07) is 9.94. The number of thiazole rings is 1. The van der Waals surface area contributed by atoms with Crippen molar-refractivity contribution in [2.75, 3.05) is 11.9 Å². The number of hydrogen-bond acceptors (Lipinski definition) is 6. The Hall–Kier alpha value is -2.29. The third kappa shape index (κ3) is 5.60. The van der Waals surface area contributed by atoms with Gasteiger partial charge < -0.3 is 5.32 Å². The van der Waals surface area contributed by atoms with Gasteiger partial charge in [-0.1, -0.05) is 60.4 Å². The molecule has 1 saturated heterocycles. The molecule has 1 aromatic carbocycles. The second-order valence-electron chi connectivity index (χ2n) is 6.12. The first-order valence-corrected chi connectivity index (χ1v) is 10.8. The fourth-order valence-electron chi connectivity index (χ4n) is 2.62. The summed E-state index contributed by atoms with van der Waals surface area (Å²) in [5.74, 6) is -0.214. The van der Waals surface area contributed by atoms with Crippen LogP contribution in [0.2, 0.25) is 0 Å². The molecule has 5 nitrogen and oxygen atoms in total. The first kappa shape index (κ1) is 20.4. The molecule has 2 heterocycles. The van der Waals surface area contributed by atoms with Gasteiger partial charge in [-0.15, -0.1) is 11.3 Å². The van der Waals surface area contributed by atoms with Crippen LogP contribution in [0.25, 0.3) is 6.08 Å². The maximum absolute atomic E-state index is 12.6. The van der Waals surface area contributed by atoms with Crippen LogP contribution >= 0.6 is 35.3 Å². The van der Waals surface area contributed by atoms with Crippen molar-refractivity contribution in [3.05, 3.63) is 64.0 Å². The fourth-order valence-corrected chi connectivity index (χ4v) is 4.52. The van der Waals surface area contributed by atoms with E-state index in [1.54, 1.807) is 16.5 Å². The van der Waals surface area contributed by atoms with Gasteiger partial charge in [0.15, 0.2) is 5.13 Å². The molecule has 1 aliphatic rings. The van der Waals surface area contributed by atoms with Crippen LogP contribution in [0.4, 0.5) is 5.13 Å². The summed E-state index contributed by atoms with van der Waals surface area (Å²) in [5.41, 5.74) is 2.06. The Labute approximate surface area is 177 Å². The predicted octanol–water partition coefficient (Wildman–Crippen LogP) is 4.71. The SMILES string of the molecule is CC(/C=C1\SC(=S)N(CCCC(=O)Nc2nccs2)C1=O)=C\c1ccccc1. The molecule has 1 aliphatic heterocycles. The summed E-state index contributed by atoms with van der Waals surface area (Å²) in [6.07, 6.45) is 6.37. The molecule has 0 aliphatic carbocycles. The number of carbonyl (C=O) groups excluding carboxylic acids is 2. The molecule has 0 saturated carbocycles. The van der Waals surface area contributed by atoms with E-state index in [2.05, 4.69) is 10.3 Å². The van der Waals surface area contributed by atoms with Crippen molar-refractivity contribution >= 4 is 62.7 Å². The highest BCUT2D eigenvalue weighted by molar-refractivity contribution is 8.26. The average Bonchev–Trinajstić information content (AvgIpc) is 3.26. The molecule has 8 heteroatoms. The van der Waals surface area contributed by atoms with Gasteiger partial charge in [-0.05, 0) is 30.6 Å². The number of amides is 2. The Balaban J connectivity index is 1.54. The van der Waals surface area contributed by atoms with Crippen molar-refractivity contribution in [2.24, 2.45) is 0 Å². The van der Waals surface area contributed by atoms with Crippen LogP contribution in [0.15, 0.2) is 58.5 Å². The molecule has 0 radical (unpaired) electrons. The largest absolute Gasteiger partial charge is 0.302 e. The maximum atomic E-state index is 12.6. The van der Waals surface area contributed by atoms with Crippen LogP contribution in [0.1, 0.15) is 25.3 Å². The van der Waals surface area contributed by atoms with E-state index in [1.807, 2.05) is 49.4 Å². The number of nitrogens with zero attached hydrogens (tertiary/aromatic N) is 2. The topological polar surface area (TPSA) is 62.3 Å². The Kier molecular flexibility index (Phi) is 7.13. The summed E-state index contributed by atoms with van der Waals surface area (Å²) < 4.78 is 0.532. The van der Waals surface area contributed by atoms with Crippen molar-refractivity contribution in [1.82, 2.24) is 9.88 Å². The minimum atomic E-state index is -0.113. The molecule has 144 valence electrons. The Morgan fingerprint density at radius 1 is 1.32 bits per heavy atom. The van der Waals surface area contributed by atoms with Gasteiger partial charge in [0.2, 0.25) is 5.91 Å². The number of carbonyl (C=O) groups is 2. The highest BCUT2D eigenvalue weighted by Gasteiger charge is 2.31. The summed E-state index contributed by atoms with van der Waals surface area (Å²) >= 11 is 8.02. The number of nitrogens with one attached hydrogen (secondary N) is 1. The molecule has 0 bridgehead atoms. The highest BCUT2D eigenvalue weighted by atomic mass is 32.2. The molecule has 1 fully saturated rings. The molecular weight excluding hydrogens is 410 g/mol. The molecule has 1 N–H and O–H groups in total. The van der Waals surface area contributed by atoms with Crippen LogP contribution in [0.5, 0.6) is 0 Å². The normalized spacial score (nSPS) is 16.1. The number of benzene rings is 1. The van der Waals surface area contributed by atoms with Gasteiger partial charge in [0.25, 0.3) is 5.91 Å². The van der Waals surface area contributed by atoms with E-state index in [4.69, 9.17) is 12.2 Å². The van der Waals surface area contributed by atoms with E-state index < -0.39 is 0 Å². The van der Waals surface area contributed by atoms with Crippen LogP contribution in [0, 0.1) is 0 Å². The number of aromatic nitrogens is 1. The standard InChI is InChI=1S/C20H19N3O2S3/c1-14(12-15-6-3-2-4-7-15)13-16-18(25)23(20(26)28-16)10-5-8-17(24)22-19-21-9-11-27-19/h2-4,6-7,9,11-13H,5,8,10H2,1H3,(H,21,22,24)/b14-12+,16-13-. The molecular formula is C20H19N3O2S3. The van der Waals surface area contributed by atoms with Gasteiger partial charge in [0.05, 0.1) is 4.91 Å². The summed E-state index contributed by atoms with van der Waals surface area (Å²) in [5, 5.41) is 5.12. The van der Waals surface area contributed by atoms with E-state index in [-0.39, 0.29) is 11.8 Å². The molecule has 0 unspecified atom stereocenters. The van der Waals surface area contributed by atoms with Crippen molar-refractivity contribution in [3.8, 4) is 0 Å². The fraction of sp³-hybridized carbons (Fsp3) is 0.200. The van der Waals surface area contributed by atoms with Gasteiger partial charge in [0.1, 0.15) is 4.32 Å². The van der Waals surface area contributed by atoms with Crippen LogP contribution in [0.3, 0.4) is 0 Å². The van der Waals surface area contributed by atoms with Gasteiger partial charge >= 0.3 is 0 Å². The Morgan fingerprint density at radius 2 is 2.11 bits per heavy atom. The molecule has 0 spiro atoms. The third-order valence-electron chi connectivity index (χ3n) is 3.89. The van der Waals surface area contributed by atoms with Crippen molar-refractivity contribution in [2.45, 2.75) is 19.8 Å². The summed E-state index contributed by atoms with van der Waals surface area (Å²) in [4.78, 5) is 30.8. The zero-order valence-corrected chi connectivity index (χ0v) is 17.7. The number of allylic oxidation sites excluding steroid dienone is 2. The minimum Gasteiger partial charge on any atom is -0.302 e. The van der Waals surface area contributed by atoms with E-state index in [9.17, 15) is 9.59 Å². The van der Waals surface area contributed by atoms with Gasteiger partial charge in [-0.25, -0.2) is 4.98 Å². The molecule has 0 atom stereocenters. The lowest BCUT2D eigenvalue weighted by Crippen LogP contribution is -2.29. The summed E-state index contributed by atoms with van der Waals surface area (Å²) in [7, 11) is 0. The number of anilines is 1. The quantitative estimate of drug-likeness (QED) is 0.510. The van der Waals surface area contributed by atoms with E-state index in [1.165, 1.54) is 23.1 Å². The first-order valence-electron chi connectivity index (χ1n) is 8.71. The zero-order valence-electron chi connectivity index (χ0n) is 15.3. The van der Waals surface area contributed by atoms with E-state index >= 15 is 0 Å². The maximum Gasteiger partial charge on any atom is 0.266 e. The van der Waals surface area contributed by atoms with E-state index in [0.29, 0.717) is 33.7 Å².